The van der Waals surface area contributed by atoms with Crippen LogP contribution in [0, 0.1) is 0 Å². The molecular weight excluding hydrogens is 496 g/mol. The van der Waals surface area contributed by atoms with Gasteiger partial charge < -0.3 is 9.47 Å². The molecule has 1 aliphatic carbocycles. The molecule has 0 N–H and O–H groups in total. The van der Waals surface area contributed by atoms with Gasteiger partial charge in [-0.05, 0) is 77.6 Å². The minimum atomic E-state index is -0.385. The molecule has 2 aromatic carbocycles. The average Bonchev–Trinajstić information content (AvgIpc) is 2.94. The summed E-state index contributed by atoms with van der Waals surface area (Å²) >= 11 is 0. The van der Waals surface area contributed by atoms with E-state index in [1.165, 1.54) is 75.3 Å². The van der Waals surface area contributed by atoms with Crippen LogP contribution in [0.15, 0.2) is 42.5 Å². The van der Waals surface area contributed by atoms with Crippen molar-refractivity contribution in [3.8, 4) is 5.75 Å². The Morgan fingerprint density at radius 2 is 1.12 bits per heavy atom. The molecule has 220 valence electrons. The van der Waals surface area contributed by atoms with Crippen LogP contribution in [0.4, 0.5) is 0 Å². The maximum absolute atomic E-state index is 12.9. The molecular formula is C36H52O4. The highest BCUT2D eigenvalue weighted by molar-refractivity contribution is 5.92. The van der Waals surface area contributed by atoms with E-state index in [1.54, 1.807) is 24.3 Å². The van der Waals surface area contributed by atoms with Gasteiger partial charge in [-0.25, -0.2) is 9.59 Å². The zero-order valence-corrected chi connectivity index (χ0v) is 25.8. The Bertz CT molecular complexity index is 1080. The molecule has 0 aromatic heterocycles. The predicted octanol–water partition coefficient (Wildman–Crippen LogP) is 10.1. The van der Waals surface area contributed by atoms with E-state index in [1.807, 2.05) is 12.1 Å². The van der Waals surface area contributed by atoms with Crippen LogP contribution >= 0.6 is 0 Å². The Morgan fingerprint density at radius 3 is 1.70 bits per heavy atom. The summed E-state index contributed by atoms with van der Waals surface area (Å²) in [6.07, 6.45) is 17.5. The van der Waals surface area contributed by atoms with E-state index >= 15 is 0 Å². The number of carbonyl (C=O) groups is 2. The molecule has 0 fully saturated rings. The molecule has 4 heteroatoms. The van der Waals surface area contributed by atoms with Crippen molar-refractivity contribution in [2.75, 3.05) is 6.61 Å². The second kappa shape index (κ2) is 15.4. The molecule has 4 nitrogen and oxygen atoms in total. The minimum Gasteiger partial charge on any atom is -0.462 e. The molecule has 0 bridgehead atoms. The van der Waals surface area contributed by atoms with Crippen LogP contribution < -0.4 is 4.74 Å². The Hall–Kier alpha value is -2.62. The molecule has 0 radical (unpaired) electrons. The molecule has 0 saturated carbocycles. The van der Waals surface area contributed by atoms with Crippen molar-refractivity contribution < 1.29 is 19.1 Å². The minimum absolute atomic E-state index is 0.0242. The van der Waals surface area contributed by atoms with Crippen LogP contribution in [0.2, 0.25) is 0 Å². The van der Waals surface area contributed by atoms with Gasteiger partial charge in [0.25, 0.3) is 0 Å². The molecule has 0 saturated heterocycles. The summed E-state index contributed by atoms with van der Waals surface area (Å²) in [6.45, 7) is 11.7. The number of benzene rings is 2. The molecule has 0 unspecified atom stereocenters. The Kier molecular flexibility index (Phi) is 12.3. The van der Waals surface area contributed by atoms with Gasteiger partial charge in [0.05, 0.1) is 17.7 Å². The van der Waals surface area contributed by atoms with E-state index in [0.29, 0.717) is 23.5 Å². The molecule has 2 aromatic rings. The number of unbranched alkanes of at least 4 members (excludes halogenated alkanes) is 11. The second-order valence-electron chi connectivity index (χ2n) is 13.0. The lowest BCUT2D eigenvalue weighted by Crippen LogP contribution is -2.34. The zero-order valence-electron chi connectivity index (χ0n) is 25.8. The van der Waals surface area contributed by atoms with Gasteiger partial charge in [0.15, 0.2) is 0 Å². The van der Waals surface area contributed by atoms with Crippen molar-refractivity contribution in [3.05, 3.63) is 64.7 Å². The van der Waals surface area contributed by atoms with Crippen molar-refractivity contribution in [2.24, 2.45) is 0 Å². The maximum atomic E-state index is 12.9. The fraction of sp³-hybridized carbons (Fsp3) is 0.611. The van der Waals surface area contributed by atoms with E-state index in [0.717, 1.165) is 25.7 Å². The van der Waals surface area contributed by atoms with E-state index in [2.05, 4.69) is 40.7 Å². The van der Waals surface area contributed by atoms with Gasteiger partial charge >= 0.3 is 11.9 Å². The highest BCUT2D eigenvalue weighted by Gasteiger charge is 2.37. The van der Waals surface area contributed by atoms with Crippen LogP contribution in [0.25, 0.3) is 0 Å². The van der Waals surface area contributed by atoms with E-state index in [-0.39, 0.29) is 22.8 Å². The number of esters is 2. The Balaban J connectivity index is 1.36. The van der Waals surface area contributed by atoms with E-state index in [9.17, 15) is 9.59 Å². The predicted molar refractivity (Wildman–Crippen MR) is 164 cm³/mol. The Morgan fingerprint density at radius 1 is 0.625 bits per heavy atom. The SMILES string of the molecule is CCCCCCCCCCCCCCOC(=O)c1ccc(OC(=O)c2ccc3c(c2)C(C)(C)CCC3(C)C)cc1. The first-order valence-corrected chi connectivity index (χ1v) is 15.8. The molecule has 0 amide bonds. The van der Waals surface area contributed by atoms with Crippen LogP contribution in [0.3, 0.4) is 0 Å². The number of ether oxygens (including phenoxy) is 2. The van der Waals surface area contributed by atoms with Crippen LogP contribution in [-0.4, -0.2) is 18.5 Å². The van der Waals surface area contributed by atoms with Gasteiger partial charge in [0, 0.05) is 0 Å². The van der Waals surface area contributed by atoms with Crippen molar-refractivity contribution in [1.82, 2.24) is 0 Å². The van der Waals surface area contributed by atoms with Crippen molar-refractivity contribution in [3.63, 3.8) is 0 Å². The van der Waals surface area contributed by atoms with Gasteiger partial charge in [0.1, 0.15) is 5.75 Å². The molecule has 0 aliphatic heterocycles. The zero-order chi connectivity index (χ0) is 29.0. The summed E-state index contributed by atoms with van der Waals surface area (Å²) < 4.78 is 11.1. The molecule has 3 rings (SSSR count). The average molecular weight is 549 g/mol. The molecule has 1 aliphatic rings. The second-order valence-corrected chi connectivity index (χ2v) is 13.0. The highest BCUT2D eigenvalue weighted by Crippen LogP contribution is 2.46. The molecule has 0 atom stereocenters. The van der Waals surface area contributed by atoms with E-state index < -0.39 is 0 Å². The summed E-state index contributed by atoms with van der Waals surface area (Å²) in [5, 5.41) is 0. The third-order valence-electron chi connectivity index (χ3n) is 8.62. The topological polar surface area (TPSA) is 52.6 Å². The number of hydrogen-bond donors (Lipinski definition) is 0. The third-order valence-corrected chi connectivity index (χ3v) is 8.62. The third kappa shape index (κ3) is 9.49. The van der Waals surface area contributed by atoms with Crippen LogP contribution in [0.1, 0.15) is 156 Å². The monoisotopic (exact) mass is 548 g/mol. The van der Waals surface area contributed by atoms with Gasteiger partial charge in [-0.3, -0.25) is 0 Å². The molecule has 0 spiro atoms. The summed E-state index contributed by atoms with van der Waals surface area (Å²) in [5.74, 6) is -0.301. The lowest BCUT2D eigenvalue weighted by molar-refractivity contribution is 0.0497. The fourth-order valence-electron chi connectivity index (χ4n) is 5.73. The molecule has 0 heterocycles. The van der Waals surface area contributed by atoms with Gasteiger partial charge in [-0.15, -0.1) is 0 Å². The summed E-state index contributed by atoms with van der Waals surface area (Å²) in [7, 11) is 0. The van der Waals surface area contributed by atoms with Crippen LogP contribution in [-0.2, 0) is 15.6 Å². The fourth-order valence-corrected chi connectivity index (χ4v) is 5.73. The standard InChI is InChI=1S/C36H52O4/c1-6-7-8-9-10-11-12-13-14-15-16-17-26-39-33(37)28-18-21-30(22-19-28)40-34(38)29-20-23-31-32(27-29)36(4,5)25-24-35(31,2)3/h18-23,27H,6-17,24-26H2,1-5H3. The maximum Gasteiger partial charge on any atom is 0.343 e. The molecule has 40 heavy (non-hydrogen) atoms. The summed E-state index contributed by atoms with van der Waals surface area (Å²) in [6, 6.07) is 12.6. The largest absolute Gasteiger partial charge is 0.462 e. The number of hydrogen-bond acceptors (Lipinski definition) is 4. The highest BCUT2D eigenvalue weighted by atomic mass is 16.5. The summed E-state index contributed by atoms with van der Waals surface area (Å²) in [5.41, 5.74) is 3.68. The van der Waals surface area contributed by atoms with Crippen LogP contribution in [0.5, 0.6) is 5.75 Å². The Labute approximate surface area is 243 Å². The lowest BCUT2D eigenvalue weighted by Gasteiger charge is -2.41. The van der Waals surface area contributed by atoms with Crippen molar-refractivity contribution in [1.29, 1.82) is 0 Å². The van der Waals surface area contributed by atoms with Crippen molar-refractivity contribution >= 4 is 11.9 Å². The first kappa shape index (κ1) is 31.9. The quantitative estimate of drug-likeness (QED) is 0.119. The van der Waals surface area contributed by atoms with E-state index in [4.69, 9.17) is 9.47 Å². The van der Waals surface area contributed by atoms with Crippen molar-refractivity contribution in [2.45, 2.75) is 135 Å². The normalized spacial score (nSPS) is 15.3. The first-order chi connectivity index (χ1) is 19.1. The lowest BCUT2D eigenvalue weighted by atomic mass is 9.63. The van der Waals surface area contributed by atoms with Gasteiger partial charge in [-0.2, -0.15) is 0 Å². The smallest absolute Gasteiger partial charge is 0.343 e. The van der Waals surface area contributed by atoms with Gasteiger partial charge in [0.2, 0.25) is 0 Å². The number of rotatable bonds is 16. The summed E-state index contributed by atoms with van der Waals surface area (Å²) in [4.78, 5) is 25.3. The number of fused-ring (bicyclic) bond motifs is 1. The van der Waals surface area contributed by atoms with Gasteiger partial charge in [-0.1, -0.05) is 111 Å². The number of carbonyl (C=O) groups excluding carboxylic acids is 2. The first-order valence-electron chi connectivity index (χ1n) is 15.8.